The monoisotopic (exact) mass is 211 g/mol. The average Bonchev–Trinajstić information content (AvgIpc) is 2.63. The van der Waals surface area contributed by atoms with Crippen LogP contribution in [0, 0.1) is 6.92 Å². The molecule has 4 heteroatoms. The zero-order valence-electron chi connectivity index (χ0n) is 9.68. The maximum Gasteiger partial charge on any atom is 0.103 e. The van der Waals surface area contributed by atoms with E-state index in [1.165, 1.54) is 6.42 Å². The highest BCUT2D eigenvalue weighted by Crippen LogP contribution is 1.94. The quantitative estimate of drug-likeness (QED) is 0.642. The second-order valence-corrected chi connectivity index (χ2v) is 3.64. The van der Waals surface area contributed by atoms with Gasteiger partial charge < -0.3 is 15.0 Å². The summed E-state index contributed by atoms with van der Waals surface area (Å²) in [5.41, 5.74) is 1.13. The second-order valence-electron chi connectivity index (χ2n) is 3.64. The molecule has 1 heterocycles. The topological polar surface area (TPSA) is 49.9 Å². The molecule has 1 rings (SSSR count). The van der Waals surface area contributed by atoms with Gasteiger partial charge in [0.25, 0.3) is 0 Å². The molecule has 15 heavy (non-hydrogen) atoms. The number of unbranched alkanes of at least 4 members (excludes halogenated alkanes) is 1. The molecule has 0 saturated heterocycles. The van der Waals surface area contributed by atoms with E-state index in [1.807, 2.05) is 13.1 Å². The van der Waals surface area contributed by atoms with E-state index in [0.717, 1.165) is 44.2 Å². The van der Waals surface area contributed by atoms with Gasteiger partial charge in [-0.2, -0.15) is 0 Å². The van der Waals surface area contributed by atoms with Crippen LogP contribution in [0.1, 0.15) is 31.3 Å². The van der Waals surface area contributed by atoms with E-state index < -0.39 is 0 Å². The Balaban J connectivity index is 1.93. The van der Waals surface area contributed by atoms with Crippen LogP contribution >= 0.6 is 0 Å². The number of hydrogen-bond donors (Lipinski definition) is 2. The van der Waals surface area contributed by atoms with Crippen molar-refractivity contribution < 1.29 is 4.74 Å². The molecule has 86 valence electrons. The van der Waals surface area contributed by atoms with Gasteiger partial charge in [-0.3, -0.25) is 0 Å². The van der Waals surface area contributed by atoms with E-state index in [0.29, 0.717) is 0 Å². The zero-order chi connectivity index (χ0) is 10.9. The molecule has 0 spiro atoms. The lowest BCUT2D eigenvalue weighted by Crippen LogP contribution is -2.19. The smallest absolute Gasteiger partial charge is 0.103 e. The Morgan fingerprint density at radius 1 is 1.47 bits per heavy atom. The first-order chi connectivity index (χ1) is 7.33. The fourth-order valence-electron chi connectivity index (χ4n) is 1.28. The summed E-state index contributed by atoms with van der Waals surface area (Å²) in [5, 5.41) is 3.30. The Morgan fingerprint density at radius 3 is 3.00 bits per heavy atom. The fraction of sp³-hybridized carbons (Fsp3) is 0.727. The van der Waals surface area contributed by atoms with Crippen LogP contribution < -0.4 is 5.32 Å². The Bertz CT molecular complexity index is 260. The molecule has 0 aromatic carbocycles. The fourth-order valence-corrected chi connectivity index (χ4v) is 1.28. The van der Waals surface area contributed by atoms with Gasteiger partial charge in [0.1, 0.15) is 5.82 Å². The third-order valence-electron chi connectivity index (χ3n) is 2.14. The van der Waals surface area contributed by atoms with Crippen LogP contribution in [-0.2, 0) is 11.3 Å². The second kappa shape index (κ2) is 7.43. The molecule has 0 fully saturated rings. The number of rotatable bonds is 8. The zero-order valence-corrected chi connectivity index (χ0v) is 9.68. The minimum Gasteiger partial charge on any atom is -0.380 e. The lowest BCUT2D eigenvalue weighted by Gasteiger charge is -2.04. The standard InChI is InChI=1S/C11H21N3O/c1-3-4-6-15-7-5-12-8-11-9-13-10(2)14-11/h9,12H,3-8H2,1-2H3,(H,13,14). The summed E-state index contributed by atoms with van der Waals surface area (Å²) in [5.74, 6) is 0.964. The summed E-state index contributed by atoms with van der Waals surface area (Å²) in [7, 11) is 0. The summed E-state index contributed by atoms with van der Waals surface area (Å²) in [6.45, 7) is 7.51. The number of H-pyrrole nitrogens is 1. The van der Waals surface area contributed by atoms with Gasteiger partial charge in [0.05, 0.1) is 6.61 Å². The molecule has 0 atom stereocenters. The predicted molar refractivity (Wildman–Crippen MR) is 60.8 cm³/mol. The van der Waals surface area contributed by atoms with Crippen LogP contribution in [0.5, 0.6) is 0 Å². The van der Waals surface area contributed by atoms with Gasteiger partial charge in [0.2, 0.25) is 0 Å². The van der Waals surface area contributed by atoms with E-state index in [-0.39, 0.29) is 0 Å². The number of imidazole rings is 1. The van der Waals surface area contributed by atoms with E-state index >= 15 is 0 Å². The lowest BCUT2D eigenvalue weighted by molar-refractivity contribution is 0.133. The maximum atomic E-state index is 5.43. The normalized spacial score (nSPS) is 10.8. The summed E-state index contributed by atoms with van der Waals surface area (Å²) < 4.78 is 5.43. The number of aromatic amines is 1. The van der Waals surface area contributed by atoms with Crippen molar-refractivity contribution in [1.82, 2.24) is 15.3 Å². The van der Waals surface area contributed by atoms with Gasteiger partial charge in [-0.05, 0) is 13.3 Å². The van der Waals surface area contributed by atoms with E-state index in [1.54, 1.807) is 0 Å². The van der Waals surface area contributed by atoms with Crippen LogP contribution in [0.25, 0.3) is 0 Å². The van der Waals surface area contributed by atoms with Crippen LogP contribution in [0.15, 0.2) is 6.20 Å². The van der Waals surface area contributed by atoms with Crippen molar-refractivity contribution in [2.24, 2.45) is 0 Å². The summed E-state index contributed by atoms with van der Waals surface area (Å²) in [6, 6.07) is 0. The molecule has 0 amide bonds. The molecule has 0 aliphatic heterocycles. The van der Waals surface area contributed by atoms with E-state index in [2.05, 4.69) is 22.2 Å². The molecule has 0 unspecified atom stereocenters. The summed E-state index contributed by atoms with van der Waals surface area (Å²) in [4.78, 5) is 7.30. The highest BCUT2D eigenvalue weighted by Gasteiger charge is 1.95. The first-order valence-electron chi connectivity index (χ1n) is 5.62. The molecule has 1 aromatic heterocycles. The van der Waals surface area contributed by atoms with Gasteiger partial charge in [-0.1, -0.05) is 13.3 Å². The highest BCUT2D eigenvalue weighted by atomic mass is 16.5. The number of ether oxygens (including phenoxy) is 1. The van der Waals surface area contributed by atoms with Crippen LogP contribution in [-0.4, -0.2) is 29.7 Å². The van der Waals surface area contributed by atoms with Crippen molar-refractivity contribution >= 4 is 0 Å². The van der Waals surface area contributed by atoms with E-state index in [9.17, 15) is 0 Å². The molecule has 0 radical (unpaired) electrons. The van der Waals surface area contributed by atoms with Gasteiger partial charge in [-0.25, -0.2) is 4.98 Å². The SMILES string of the molecule is CCCCOCCNCc1cnc(C)[nH]1. The molecule has 0 aliphatic carbocycles. The molecular formula is C11H21N3O. The number of aromatic nitrogens is 2. The maximum absolute atomic E-state index is 5.43. The Labute approximate surface area is 91.4 Å². The van der Waals surface area contributed by atoms with E-state index in [4.69, 9.17) is 4.74 Å². The first kappa shape index (κ1) is 12.2. The number of hydrogen-bond acceptors (Lipinski definition) is 3. The van der Waals surface area contributed by atoms with Gasteiger partial charge in [-0.15, -0.1) is 0 Å². The largest absolute Gasteiger partial charge is 0.380 e. The first-order valence-corrected chi connectivity index (χ1v) is 5.62. The van der Waals surface area contributed by atoms with Crippen LogP contribution in [0.3, 0.4) is 0 Å². The Morgan fingerprint density at radius 2 is 2.33 bits per heavy atom. The molecular weight excluding hydrogens is 190 g/mol. The van der Waals surface area contributed by atoms with Crippen molar-refractivity contribution in [3.05, 3.63) is 17.7 Å². The van der Waals surface area contributed by atoms with Crippen LogP contribution in [0.4, 0.5) is 0 Å². The number of nitrogens with zero attached hydrogens (tertiary/aromatic N) is 1. The summed E-state index contributed by atoms with van der Waals surface area (Å²) >= 11 is 0. The molecule has 0 aliphatic rings. The van der Waals surface area contributed by atoms with Gasteiger partial charge in [0, 0.05) is 31.6 Å². The van der Waals surface area contributed by atoms with Crippen molar-refractivity contribution in [3.63, 3.8) is 0 Å². The number of nitrogens with one attached hydrogen (secondary N) is 2. The molecule has 0 saturated carbocycles. The predicted octanol–water partition coefficient (Wildman–Crippen LogP) is 1.62. The summed E-state index contributed by atoms with van der Waals surface area (Å²) in [6.07, 6.45) is 4.21. The molecule has 4 nitrogen and oxygen atoms in total. The van der Waals surface area contributed by atoms with Crippen molar-refractivity contribution in [2.45, 2.75) is 33.2 Å². The minimum atomic E-state index is 0.785. The Hall–Kier alpha value is -0.870. The lowest BCUT2D eigenvalue weighted by atomic mass is 10.4. The highest BCUT2D eigenvalue weighted by molar-refractivity contribution is 4.98. The molecule has 0 bridgehead atoms. The van der Waals surface area contributed by atoms with Crippen molar-refractivity contribution in [1.29, 1.82) is 0 Å². The van der Waals surface area contributed by atoms with Gasteiger partial charge >= 0.3 is 0 Å². The molecule has 2 N–H and O–H groups in total. The van der Waals surface area contributed by atoms with Crippen molar-refractivity contribution in [3.8, 4) is 0 Å². The third kappa shape index (κ3) is 5.54. The Kier molecular flexibility index (Phi) is 6.04. The average molecular weight is 211 g/mol. The minimum absolute atomic E-state index is 0.785. The third-order valence-corrected chi connectivity index (χ3v) is 2.14. The van der Waals surface area contributed by atoms with Crippen LogP contribution in [0.2, 0.25) is 0 Å². The molecule has 1 aromatic rings. The van der Waals surface area contributed by atoms with Gasteiger partial charge in [0.15, 0.2) is 0 Å². The number of aryl methyl sites for hydroxylation is 1. The van der Waals surface area contributed by atoms with Crippen molar-refractivity contribution in [2.75, 3.05) is 19.8 Å².